The minimum absolute atomic E-state index is 0.268. The van der Waals surface area contributed by atoms with Crippen LogP contribution < -0.4 is 0 Å². The van der Waals surface area contributed by atoms with E-state index in [4.69, 9.17) is 9.84 Å². The molecule has 1 unspecified atom stereocenters. The van der Waals surface area contributed by atoms with Crippen molar-refractivity contribution in [2.75, 3.05) is 6.61 Å². The van der Waals surface area contributed by atoms with Crippen LogP contribution in [-0.4, -0.2) is 29.0 Å². The standard InChI is InChI=1S/C11H16O3/c1-9(11(13)7-12)14-8-10-5-3-2-4-6-10/h2-6,9,11-13H,7-8H2,1H3/t9?,11-/m1/s1. The molecule has 0 bridgehead atoms. The molecular weight excluding hydrogens is 180 g/mol. The maximum Gasteiger partial charge on any atom is 0.103 e. The van der Waals surface area contributed by atoms with Gasteiger partial charge in [0, 0.05) is 0 Å². The number of ether oxygens (including phenoxy) is 1. The third-order valence-electron chi connectivity index (χ3n) is 2.08. The largest absolute Gasteiger partial charge is 0.394 e. The minimum Gasteiger partial charge on any atom is -0.394 e. The molecule has 0 saturated carbocycles. The van der Waals surface area contributed by atoms with E-state index >= 15 is 0 Å². The van der Waals surface area contributed by atoms with Gasteiger partial charge in [-0.2, -0.15) is 0 Å². The van der Waals surface area contributed by atoms with Gasteiger partial charge in [0.15, 0.2) is 0 Å². The number of rotatable bonds is 5. The quantitative estimate of drug-likeness (QED) is 0.737. The Balaban J connectivity index is 2.34. The predicted octanol–water partition coefficient (Wildman–Crippen LogP) is 0.945. The maximum absolute atomic E-state index is 9.23. The first-order valence-corrected chi connectivity index (χ1v) is 4.68. The Kier molecular flexibility index (Phi) is 4.59. The summed E-state index contributed by atoms with van der Waals surface area (Å²) >= 11 is 0. The van der Waals surface area contributed by atoms with Crippen LogP contribution >= 0.6 is 0 Å². The van der Waals surface area contributed by atoms with Gasteiger partial charge in [-0.25, -0.2) is 0 Å². The predicted molar refractivity (Wildman–Crippen MR) is 53.8 cm³/mol. The second-order valence-electron chi connectivity index (χ2n) is 3.25. The fraction of sp³-hybridized carbons (Fsp3) is 0.455. The fourth-order valence-corrected chi connectivity index (χ4v) is 1.06. The smallest absolute Gasteiger partial charge is 0.103 e. The van der Waals surface area contributed by atoms with Gasteiger partial charge in [-0.15, -0.1) is 0 Å². The molecule has 14 heavy (non-hydrogen) atoms. The fourth-order valence-electron chi connectivity index (χ4n) is 1.06. The highest BCUT2D eigenvalue weighted by atomic mass is 16.5. The summed E-state index contributed by atoms with van der Waals surface area (Å²) in [5, 5.41) is 17.9. The lowest BCUT2D eigenvalue weighted by molar-refractivity contribution is -0.0551. The van der Waals surface area contributed by atoms with Crippen LogP contribution in [0.2, 0.25) is 0 Å². The van der Waals surface area contributed by atoms with Crippen molar-refractivity contribution in [2.24, 2.45) is 0 Å². The molecule has 0 aliphatic carbocycles. The first-order valence-electron chi connectivity index (χ1n) is 4.68. The van der Waals surface area contributed by atoms with Gasteiger partial charge in [-0.05, 0) is 12.5 Å². The van der Waals surface area contributed by atoms with Crippen molar-refractivity contribution in [3.8, 4) is 0 Å². The monoisotopic (exact) mass is 196 g/mol. The summed E-state index contributed by atoms with van der Waals surface area (Å²) in [5.74, 6) is 0. The van der Waals surface area contributed by atoms with Crippen LogP contribution in [0.3, 0.4) is 0 Å². The lowest BCUT2D eigenvalue weighted by atomic mass is 10.2. The highest BCUT2D eigenvalue weighted by molar-refractivity contribution is 5.13. The molecule has 2 N–H and O–H groups in total. The van der Waals surface area contributed by atoms with Crippen molar-refractivity contribution >= 4 is 0 Å². The zero-order chi connectivity index (χ0) is 10.4. The molecule has 0 amide bonds. The average molecular weight is 196 g/mol. The van der Waals surface area contributed by atoms with Gasteiger partial charge >= 0.3 is 0 Å². The van der Waals surface area contributed by atoms with Crippen LogP contribution in [-0.2, 0) is 11.3 Å². The Morgan fingerprint density at radius 1 is 1.29 bits per heavy atom. The van der Waals surface area contributed by atoms with Crippen molar-refractivity contribution in [3.63, 3.8) is 0 Å². The highest BCUT2D eigenvalue weighted by Crippen LogP contribution is 2.05. The topological polar surface area (TPSA) is 49.7 Å². The van der Waals surface area contributed by atoms with E-state index in [-0.39, 0.29) is 12.7 Å². The van der Waals surface area contributed by atoms with E-state index in [1.54, 1.807) is 6.92 Å². The molecule has 0 saturated heterocycles. The highest BCUT2D eigenvalue weighted by Gasteiger charge is 2.12. The van der Waals surface area contributed by atoms with E-state index in [0.29, 0.717) is 6.61 Å². The molecular formula is C11H16O3. The van der Waals surface area contributed by atoms with Crippen LogP contribution in [0.5, 0.6) is 0 Å². The zero-order valence-electron chi connectivity index (χ0n) is 8.26. The van der Waals surface area contributed by atoms with Crippen LogP contribution in [0.4, 0.5) is 0 Å². The van der Waals surface area contributed by atoms with Gasteiger partial charge in [0.2, 0.25) is 0 Å². The van der Waals surface area contributed by atoms with E-state index in [2.05, 4.69) is 0 Å². The van der Waals surface area contributed by atoms with Gasteiger partial charge in [-0.1, -0.05) is 30.3 Å². The van der Waals surface area contributed by atoms with E-state index in [0.717, 1.165) is 5.56 Å². The van der Waals surface area contributed by atoms with Gasteiger partial charge < -0.3 is 14.9 Å². The van der Waals surface area contributed by atoms with E-state index in [1.807, 2.05) is 30.3 Å². The molecule has 0 fully saturated rings. The third kappa shape index (κ3) is 3.46. The summed E-state index contributed by atoms with van der Waals surface area (Å²) in [6.45, 7) is 1.93. The molecule has 0 aliphatic heterocycles. The van der Waals surface area contributed by atoms with Crippen LogP contribution in [0, 0.1) is 0 Å². The summed E-state index contributed by atoms with van der Waals surface area (Å²) in [6.07, 6.45) is -1.15. The third-order valence-corrected chi connectivity index (χ3v) is 2.08. The molecule has 1 aromatic carbocycles. The van der Waals surface area contributed by atoms with Crippen molar-refractivity contribution in [1.82, 2.24) is 0 Å². The Bertz CT molecular complexity index is 248. The molecule has 1 aromatic rings. The van der Waals surface area contributed by atoms with E-state index in [1.165, 1.54) is 0 Å². The minimum atomic E-state index is -0.807. The summed E-state index contributed by atoms with van der Waals surface area (Å²) in [7, 11) is 0. The van der Waals surface area contributed by atoms with Gasteiger partial charge in [0.05, 0.1) is 19.3 Å². The molecule has 3 heteroatoms. The summed E-state index contributed by atoms with van der Waals surface area (Å²) in [6, 6.07) is 9.73. The Morgan fingerprint density at radius 3 is 2.50 bits per heavy atom. The molecule has 0 radical (unpaired) electrons. The second kappa shape index (κ2) is 5.75. The van der Waals surface area contributed by atoms with Gasteiger partial charge in [-0.3, -0.25) is 0 Å². The van der Waals surface area contributed by atoms with Gasteiger partial charge in [0.25, 0.3) is 0 Å². The maximum atomic E-state index is 9.23. The molecule has 0 aliphatic rings. The van der Waals surface area contributed by atoms with Crippen molar-refractivity contribution in [2.45, 2.75) is 25.7 Å². The van der Waals surface area contributed by atoms with Gasteiger partial charge in [0.1, 0.15) is 6.10 Å². The lowest BCUT2D eigenvalue weighted by Crippen LogP contribution is -2.29. The lowest BCUT2D eigenvalue weighted by Gasteiger charge is -2.17. The van der Waals surface area contributed by atoms with Crippen LogP contribution in [0.25, 0.3) is 0 Å². The zero-order valence-corrected chi connectivity index (χ0v) is 8.26. The van der Waals surface area contributed by atoms with E-state index in [9.17, 15) is 5.11 Å². The average Bonchev–Trinajstić information content (AvgIpc) is 2.26. The Hall–Kier alpha value is -0.900. The summed E-state index contributed by atoms with van der Waals surface area (Å²) in [4.78, 5) is 0. The summed E-state index contributed by atoms with van der Waals surface area (Å²) in [5.41, 5.74) is 1.06. The number of aliphatic hydroxyl groups excluding tert-OH is 2. The number of benzene rings is 1. The van der Waals surface area contributed by atoms with Crippen molar-refractivity contribution in [1.29, 1.82) is 0 Å². The van der Waals surface area contributed by atoms with Crippen LogP contribution in [0.1, 0.15) is 12.5 Å². The molecule has 78 valence electrons. The molecule has 3 nitrogen and oxygen atoms in total. The number of hydrogen-bond acceptors (Lipinski definition) is 3. The summed E-state index contributed by atoms with van der Waals surface area (Å²) < 4.78 is 5.37. The van der Waals surface area contributed by atoms with Crippen LogP contribution in [0.15, 0.2) is 30.3 Å². The first-order chi connectivity index (χ1) is 6.74. The Labute approximate surface area is 84.0 Å². The number of aliphatic hydroxyl groups is 2. The number of hydrogen-bond donors (Lipinski definition) is 2. The normalized spacial score (nSPS) is 15.1. The molecule has 0 aromatic heterocycles. The second-order valence-corrected chi connectivity index (χ2v) is 3.25. The first kappa shape index (κ1) is 11.2. The molecule has 0 heterocycles. The Morgan fingerprint density at radius 2 is 1.93 bits per heavy atom. The van der Waals surface area contributed by atoms with Crippen molar-refractivity contribution in [3.05, 3.63) is 35.9 Å². The SMILES string of the molecule is CC(OCc1ccccc1)[C@H](O)CO. The van der Waals surface area contributed by atoms with Crippen molar-refractivity contribution < 1.29 is 14.9 Å². The molecule has 1 rings (SSSR count). The molecule has 0 spiro atoms. The van der Waals surface area contributed by atoms with E-state index < -0.39 is 6.10 Å². The molecule has 2 atom stereocenters.